The summed E-state index contributed by atoms with van der Waals surface area (Å²) in [5, 5.41) is 9.88. The van der Waals surface area contributed by atoms with E-state index in [0.29, 0.717) is 34.2 Å². The van der Waals surface area contributed by atoms with Crippen molar-refractivity contribution < 1.29 is 0 Å². The Hall–Kier alpha value is -2.84. The van der Waals surface area contributed by atoms with E-state index in [1.807, 2.05) is 45.7 Å². The number of piperidine rings is 1. The lowest BCUT2D eigenvalue weighted by Crippen LogP contribution is -2.50. The van der Waals surface area contributed by atoms with Gasteiger partial charge in [-0.2, -0.15) is 10.1 Å². The molecule has 1 aromatic carbocycles. The molecular weight excluding hydrogens is 426 g/mol. The van der Waals surface area contributed by atoms with Crippen molar-refractivity contribution in [3.63, 3.8) is 0 Å². The van der Waals surface area contributed by atoms with Crippen molar-refractivity contribution in [2.75, 3.05) is 11.9 Å². The van der Waals surface area contributed by atoms with Gasteiger partial charge in [-0.05, 0) is 38.8 Å². The van der Waals surface area contributed by atoms with Gasteiger partial charge in [0, 0.05) is 61.1 Å². The molecular formula is C23H26ClN7O. The van der Waals surface area contributed by atoms with Gasteiger partial charge < -0.3 is 15.2 Å². The maximum Gasteiger partial charge on any atom is 0.264 e. The Balaban J connectivity index is 1.49. The second-order valence-electron chi connectivity index (χ2n) is 9.11. The quantitative estimate of drug-likeness (QED) is 0.499. The number of nitrogens with zero attached hydrogens (tertiary/aromatic N) is 5. The normalized spacial score (nSPS) is 23.0. The first-order valence-corrected chi connectivity index (χ1v) is 11.5. The van der Waals surface area contributed by atoms with E-state index in [0.717, 1.165) is 53.7 Å². The number of aromatic amines is 1. The molecule has 2 fully saturated rings. The fraction of sp³-hybridized carbons (Fsp3) is 0.435. The van der Waals surface area contributed by atoms with E-state index in [1.54, 1.807) is 9.25 Å². The number of fused-ring (bicyclic) bond motifs is 4. The second-order valence-corrected chi connectivity index (χ2v) is 9.49. The molecule has 0 amide bonds. The average molecular weight is 452 g/mol. The largest absolute Gasteiger partial charge is 0.345 e. The molecule has 2 aliphatic rings. The molecule has 5 heterocycles. The van der Waals surface area contributed by atoms with Gasteiger partial charge in [-0.1, -0.05) is 17.7 Å². The van der Waals surface area contributed by atoms with Crippen molar-refractivity contribution >= 4 is 39.5 Å². The van der Waals surface area contributed by atoms with Crippen LogP contribution in [0, 0.1) is 0 Å². The fourth-order valence-electron chi connectivity index (χ4n) is 5.72. The summed E-state index contributed by atoms with van der Waals surface area (Å²) < 4.78 is 3.45. The highest BCUT2D eigenvalue weighted by Gasteiger charge is 2.42. The Morgan fingerprint density at radius 1 is 1.16 bits per heavy atom. The summed E-state index contributed by atoms with van der Waals surface area (Å²) in [5.41, 5.74) is 2.96. The molecule has 2 saturated heterocycles. The smallest absolute Gasteiger partial charge is 0.264 e. The standard InChI is InChI=1S/C23H26ClN7O/c1-25-12-8-13-4-5-14(9-12)31(13)23-27-21-19(22(32)30(23)3)16(10-26-21)15-6-7-18-17(20(15)24)11-29(2)28-18/h6-7,10-14,25-26H,4-5,8-9H2,1-3H3/t12-,13+,14-. The number of H-pyrrole nitrogens is 1. The molecule has 9 heteroatoms. The highest BCUT2D eigenvalue weighted by atomic mass is 35.5. The third-order valence-electron chi connectivity index (χ3n) is 7.29. The van der Waals surface area contributed by atoms with Crippen molar-refractivity contribution in [3.8, 4) is 11.1 Å². The Morgan fingerprint density at radius 2 is 1.91 bits per heavy atom. The minimum atomic E-state index is -0.0567. The number of halogens is 1. The molecule has 0 spiro atoms. The number of hydrogen-bond donors (Lipinski definition) is 2. The van der Waals surface area contributed by atoms with Crippen LogP contribution in [0.3, 0.4) is 0 Å². The van der Waals surface area contributed by atoms with Crippen LogP contribution in [-0.4, -0.2) is 49.5 Å². The SMILES string of the molecule is CN[C@H]1C[C@H]2CC[C@@H](C1)N2c1nc2[nH]cc(-c3ccc4nn(C)cc4c3Cl)c2c(=O)n1C. The van der Waals surface area contributed by atoms with Gasteiger partial charge in [0.2, 0.25) is 5.95 Å². The van der Waals surface area contributed by atoms with E-state index >= 15 is 0 Å². The molecule has 3 aromatic heterocycles. The number of aryl methyl sites for hydroxylation is 1. The summed E-state index contributed by atoms with van der Waals surface area (Å²) in [7, 11) is 5.74. The lowest BCUT2D eigenvalue weighted by Gasteiger charge is -2.40. The molecule has 6 rings (SSSR count). The van der Waals surface area contributed by atoms with Crippen molar-refractivity contribution in [2.45, 2.75) is 43.8 Å². The van der Waals surface area contributed by atoms with Crippen LogP contribution in [0.25, 0.3) is 33.1 Å². The van der Waals surface area contributed by atoms with Crippen LogP contribution in [0.2, 0.25) is 5.02 Å². The molecule has 0 radical (unpaired) electrons. The molecule has 3 atom stereocenters. The van der Waals surface area contributed by atoms with E-state index in [1.165, 1.54) is 0 Å². The minimum Gasteiger partial charge on any atom is -0.345 e. The zero-order valence-electron chi connectivity index (χ0n) is 18.4. The average Bonchev–Trinajstić information content (AvgIpc) is 3.44. The van der Waals surface area contributed by atoms with Gasteiger partial charge in [0.1, 0.15) is 5.65 Å². The van der Waals surface area contributed by atoms with Gasteiger partial charge in [0.05, 0.1) is 15.9 Å². The lowest BCUT2D eigenvalue weighted by atomic mass is 9.98. The Bertz CT molecular complexity index is 1400. The summed E-state index contributed by atoms with van der Waals surface area (Å²) in [5.74, 6) is 0.756. The van der Waals surface area contributed by atoms with Crippen molar-refractivity contribution in [3.05, 3.63) is 39.9 Å². The van der Waals surface area contributed by atoms with E-state index in [2.05, 4.69) is 20.3 Å². The van der Waals surface area contributed by atoms with Gasteiger partial charge in [0.15, 0.2) is 0 Å². The van der Waals surface area contributed by atoms with Crippen LogP contribution in [0.15, 0.2) is 29.3 Å². The van der Waals surface area contributed by atoms with Crippen LogP contribution >= 0.6 is 11.6 Å². The number of hydrogen-bond acceptors (Lipinski definition) is 5. The number of benzene rings is 1. The van der Waals surface area contributed by atoms with Gasteiger partial charge in [-0.15, -0.1) is 0 Å². The fourth-order valence-corrected chi connectivity index (χ4v) is 6.03. The van der Waals surface area contributed by atoms with Gasteiger partial charge in [0.25, 0.3) is 5.56 Å². The molecule has 2 N–H and O–H groups in total. The Morgan fingerprint density at radius 3 is 2.62 bits per heavy atom. The molecule has 2 aliphatic heterocycles. The van der Waals surface area contributed by atoms with E-state index in [9.17, 15) is 4.79 Å². The van der Waals surface area contributed by atoms with Crippen molar-refractivity contribution in [1.29, 1.82) is 0 Å². The molecule has 32 heavy (non-hydrogen) atoms. The van der Waals surface area contributed by atoms with Crippen LogP contribution < -0.4 is 15.8 Å². The monoisotopic (exact) mass is 451 g/mol. The number of rotatable bonds is 3. The summed E-state index contributed by atoms with van der Waals surface area (Å²) in [4.78, 5) is 24.2. The molecule has 166 valence electrons. The number of nitrogens with one attached hydrogen (secondary N) is 2. The van der Waals surface area contributed by atoms with E-state index in [-0.39, 0.29) is 5.56 Å². The molecule has 2 bridgehead atoms. The summed E-state index contributed by atoms with van der Waals surface area (Å²) in [6, 6.07) is 5.23. The summed E-state index contributed by atoms with van der Waals surface area (Å²) in [6.07, 6.45) is 8.19. The van der Waals surface area contributed by atoms with Gasteiger partial charge in [-0.25, -0.2) is 0 Å². The maximum atomic E-state index is 13.6. The Labute approximate surface area is 190 Å². The number of anilines is 1. The van der Waals surface area contributed by atoms with Gasteiger partial charge in [-0.3, -0.25) is 14.0 Å². The zero-order valence-corrected chi connectivity index (χ0v) is 19.1. The minimum absolute atomic E-state index is 0.0567. The predicted molar refractivity (Wildman–Crippen MR) is 127 cm³/mol. The summed E-state index contributed by atoms with van der Waals surface area (Å²) >= 11 is 6.76. The topological polar surface area (TPSA) is 83.8 Å². The molecule has 8 nitrogen and oxygen atoms in total. The zero-order chi connectivity index (χ0) is 22.1. The first-order valence-electron chi connectivity index (χ1n) is 11.1. The van der Waals surface area contributed by atoms with Gasteiger partial charge >= 0.3 is 0 Å². The van der Waals surface area contributed by atoms with Crippen LogP contribution in [0.4, 0.5) is 5.95 Å². The maximum absolute atomic E-state index is 13.6. The molecule has 0 saturated carbocycles. The number of aromatic nitrogens is 5. The molecule has 4 aromatic rings. The highest BCUT2D eigenvalue weighted by molar-refractivity contribution is 6.38. The highest BCUT2D eigenvalue weighted by Crippen LogP contribution is 2.40. The Kier molecular flexibility index (Phi) is 4.39. The molecule has 0 aliphatic carbocycles. The third-order valence-corrected chi connectivity index (χ3v) is 7.70. The summed E-state index contributed by atoms with van der Waals surface area (Å²) in [6.45, 7) is 0. The lowest BCUT2D eigenvalue weighted by molar-refractivity contribution is 0.367. The predicted octanol–water partition coefficient (Wildman–Crippen LogP) is 3.19. The second kappa shape index (κ2) is 7.08. The first kappa shape index (κ1) is 19.8. The van der Waals surface area contributed by atoms with Crippen LogP contribution in [0.5, 0.6) is 0 Å². The van der Waals surface area contributed by atoms with Crippen LogP contribution in [-0.2, 0) is 14.1 Å². The van der Waals surface area contributed by atoms with E-state index in [4.69, 9.17) is 16.6 Å². The van der Waals surface area contributed by atoms with Crippen molar-refractivity contribution in [2.24, 2.45) is 14.1 Å². The third kappa shape index (κ3) is 2.75. The van der Waals surface area contributed by atoms with Crippen molar-refractivity contribution in [1.82, 2.24) is 29.6 Å². The molecule has 0 unspecified atom stereocenters. The van der Waals surface area contributed by atoms with Crippen LogP contribution in [0.1, 0.15) is 25.7 Å². The first-order chi connectivity index (χ1) is 15.5. The van der Waals surface area contributed by atoms with E-state index < -0.39 is 0 Å².